The Morgan fingerprint density at radius 1 is 1.10 bits per heavy atom. The number of pyridine rings is 1. The van der Waals surface area contributed by atoms with Crippen molar-refractivity contribution >= 4 is 22.9 Å². The first-order valence-corrected chi connectivity index (χ1v) is 7.35. The number of benzene rings is 1. The quantitative estimate of drug-likeness (QED) is 0.840. The minimum Gasteiger partial charge on any atom is -0.377 e. The number of nitrogens with zero attached hydrogens (tertiary/aromatic N) is 2. The summed E-state index contributed by atoms with van der Waals surface area (Å²) in [7, 11) is 4.12. The van der Waals surface area contributed by atoms with E-state index in [4.69, 9.17) is 0 Å². The van der Waals surface area contributed by atoms with Crippen molar-refractivity contribution in [2.75, 3.05) is 36.2 Å². The molecule has 21 heavy (non-hydrogen) atoms. The molecular weight excluding hydrogens is 260 g/mol. The summed E-state index contributed by atoms with van der Waals surface area (Å²) in [5, 5.41) is 6.74. The van der Waals surface area contributed by atoms with Gasteiger partial charge in [-0.15, -0.1) is 0 Å². The molecule has 4 heteroatoms. The maximum Gasteiger partial charge on any atom is 0.127 e. The van der Waals surface area contributed by atoms with E-state index >= 15 is 0 Å². The first-order chi connectivity index (χ1) is 10.1. The molecule has 2 N–H and O–H groups in total. The number of aromatic nitrogens is 1. The van der Waals surface area contributed by atoms with Crippen molar-refractivity contribution in [1.29, 1.82) is 0 Å². The Bertz CT molecular complexity index is 593. The van der Waals surface area contributed by atoms with Crippen LogP contribution in [0.15, 0.2) is 36.5 Å². The fourth-order valence-corrected chi connectivity index (χ4v) is 2.19. The first kappa shape index (κ1) is 15.2. The zero-order valence-corrected chi connectivity index (χ0v) is 13.3. The average Bonchev–Trinajstić information content (AvgIpc) is 2.47. The van der Waals surface area contributed by atoms with Crippen LogP contribution in [-0.4, -0.2) is 25.6 Å². The van der Waals surface area contributed by atoms with E-state index in [9.17, 15) is 0 Å². The molecule has 0 saturated carbocycles. The summed E-state index contributed by atoms with van der Waals surface area (Å²) < 4.78 is 0. The second kappa shape index (κ2) is 6.97. The number of hydrogen-bond donors (Lipinski definition) is 2. The highest BCUT2D eigenvalue weighted by molar-refractivity contribution is 5.68. The lowest BCUT2D eigenvalue weighted by Gasteiger charge is -2.17. The third kappa shape index (κ3) is 4.12. The molecule has 112 valence electrons. The molecule has 0 aliphatic rings. The van der Waals surface area contributed by atoms with E-state index < -0.39 is 0 Å². The van der Waals surface area contributed by atoms with Gasteiger partial charge in [0.2, 0.25) is 0 Å². The SMILES string of the molecule is CCCNc1cc(Nc2ccc(C)c(N(C)C)c2)ccn1. The van der Waals surface area contributed by atoms with Gasteiger partial charge in [0, 0.05) is 50.0 Å². The van der Waals surface area contributed by atoms with Crippen molar-refractivity contribution in [2.45, 2.75) is 20.3 Å². The van der Waals surface area contributed by atoms with Gasteiger partial charge in [-0.3, -0.25) is 0 Å². The van der Waals surface area contributed by atoms with E-state index in [1.165, 1.54) is 11.3 Å². The van der Waals surface area contributed by atoms with Gasteiger partial charge in [-0.05, 0) is 37.1 Å². The summed E-state index contributed by atoms with van der Waals surface area (Å²) in [6, 6.07) is 10.4. The number of rotatable bonds is 6. The van der Waals surface area contributed by atoms with Crippen molar-refractivity contribution in [3.63, 3.8) is 0 Å². The van der Waals surface area contributed by atoms with Crippen molar-refractivity contribution in [3.05, 3.63) is 42.1 Å². The molecule has 1 heterocycles. The highest BCUT2D eigenvalue weighted by Gasteiger charge is 2.03. The minimum atomic E-state index is 0.904. The summed E-state index contributed by atoms with van der Waals surface area (Å²) in [4.78, 5) is 6.45. The normalized spacial score (nSPS) is 10.3. The lowest BCUT2D eigenvalue weighted by molar-refractivity contribution is 0.969. The largest absolute Gasteiger partial charge is 0.377 e. The van der Waals surface area contributed by atoms with Crippen LogP contribution in [0.3, 0.4) is 0 Å². The van der Waals surface area contributed by atoms with Crippen molar-refractivity contribution < 1.29 is 0 Å². The predicted molar refractivity (Wildman–Crippen MR) is 91.8 cm³/mol. The van der Waals surface area contributed by atoms with Crippen LogP contribution in [-0.2, 0) is 0 Å². The number of aryl methyl sites for hydroxylation is 1. The fourth-order valence-electron chi connectivity index (χ4n) is 2.19. The molecule has 0 atom stereocenters. The molecule has 0 bridgehead atoms. The molecule has 0 aliphatic heterocycles. The van der Waals surface area contributed by atoms with E-state index in [0.29, 0.717) is 0 Å². The maximum absolute atomic E-state index is 4.32. The van der Waals surface area contributed by atoms with E-state index in [-0.39, 0.29) is 0 Å². The lowest BCUT2D eigenvalue weighted by Crippen LogP contribution is -2.10. The minimum absolute atomic E-state index is 0.904. The van der Waals surface area contributed by atoms with E-state index in [2.05, 4.69) is 66.7 Å². The second-order valence-corrected chi connectivity index (χ2v) is 5.38. The van der Waals surface area contributed by atoms with Gasteiger partial charge in [-0.1, -0.05) is 13.0 Å². The average molecular weight is 284 g/mol. The molecule has 2 aromatic rings. The van der Waals surface area contributed by atoms with Gasteiger partial charge in [-0.25, -0.2) is 4.98 Å². The lowest BCUT2D eigenvalue weighted by atomic mass is 10.1. The Hall–Kier alpha value is -2.23. The molecule has 0 aliphatic carbocycles. The fraction of sp³-hybridized carbons (Fsp3) is 0.353. The van der Waals surface area contributed by atoms with Gasteiger partial charge in [-0.2, -0.15) is 0 Å². The van der Waals surface area contributed by atoms with Crippen LogP contribution in [0.1, 0.15) is 18.9 Å². The Kier molecular flexibility index (Phi) is 5.04. The molecule has 4 nitrogen and oxygen atoms in total. The zero-order valence-electron chi connectivity index (χ0n) is 13.3. The van der Waals surface area contributed by atoms with Crippen LogP contribution in [0.4, 0.5) is 22.9 Å². The molecule has 0 spiro atoms. The Morgan fingerprint density at radius 2 is 1.86 bits per heavy atom. The van der Waals surface area contributed by atoms with Gasteiger partial charge < -0.3 is 15.5 Å². The zero-order chi connectivity index (χ0) is 15.2. The smallest absolute Gasteiger partial charge is 0.127 e. The van der Waals surface area contributed by atoms with Gasteiger partial charge in [0.15, 0.2) is 0 Å². The predicted octanol–water partition coefficient (Wildman–Crippen LogP) is 4.02. The van der Waals surface area contributed by atoms with Crippen LogP contribution >= 0.6 is 0 Å². The van der Waals surface area contributed by atoms with E-state index in [0.717, 1.165) is 30.2 Å². The summed E-state index contributed by atoms with van der Waals surface area (Å²) in [6.45, 7) is 5.20. The van der Waals surface area contributed by atoms with Gasteiger partial charge in [0.25, 0.3) is 0 Å². The molecule has 1 aromatic heterocycles. The van der Waals surface area contributed by atoms with Crippen LogP contribution in [0.2, 0.25) is 0 Å². The standard InChI is InChI=1S/C17H24N4/c1-5-9-18-17-12-15(8-10-19-17)20-14-7-6-13(2)16(11-14)21(3)4/h6-8,10-12H,5,9H2,1-4H3,(H2,18,19,20). The molecule has 0 amide bonds. The summed E-state index contributed by atoms with van der Waals surface area (Å²) in [5.41, 5.74) is 4.61. The first-order valence-electron chi connectivity index (χ1n) is 7.35. The summed E-state index contributed by atoms with van der Waals surface area (Å²) >= 11 is 0. The molecule has 0 unspecified atom stereocenters. The topological polar surface area (TPSA) is 40.2 Å². The Balaban J connectivity index is 2.16. The van der Waals surface area contributed by atoms with Crippen molar-refractivity contribution in [1.82, 2.24) is 4.98 Å². The van der Waals surface area contributed by atoms with Crippen molar-refractivity contribution in [3.8, 4) is 0 Å². The van der Waals surface area contributed by atoms with Crippen LogP contribution < -0.4 is 15.5 Å². The van der Waals surface area contributed by atoms with Crippen LogP contribution in [0, 0.1) is 6.92 Å². The number of hydrogen-bond acceptors (Lipinski definition) is 4. The summed E-state index contributed by atoms with van der Waals surface area (Å²) in [5.74, 6) is 0.904. The third-order valence-corrected chi connectivity index (χ3v) is 3.30. The van der Waals surface area contributed by atoms with Gasteiger partial charge in [0.05, 0.1) is 0 Å². The Morgan fingerprint density at radius 3 is 2.57 bits per heavy atom. The van der Waals surface area contributed by atoms with E-state index in [1.54, 1.807) is 0 Å². The monoisotopic (exact) mass is 284 g/mol. The third-order valence-electron chi connectivity index (χ3n) is 3.30. The molecule has 2 rings (SSSR count). The Labute approximate surface area is 127 Å². The molecule has 0 radical (unpaired) electrons. The molecular formula is C17H24N4. The molecule has 1 aromatic carbocycles. The van der Waals surface area contributed by atoms with E-state index in [1.807, 2.05) is 18.3 Å². The van der Waals surface area contributed by atoms with Gasteiger partial charge >= 0.3 is 0 Å². The second-order valence-electron chi connectivity index (χ2n) is 5.38. The molecule has 0 saturated heterocycles. The number of anilines is 4. The van der Waals surface area contributed by atoms with Crippen LogP contribution in [0.25, 0.3) is 0 Å². The van der Waals surface area contributed by atoms with Crippen LogP contribution in [0.5, 0.6) is 0 Å². The number of nitrogens with one attached hydrogen (secondary N) is 2. The van der Waals surface area contributed by atoms with Crippen molar-refractivity contribution in [2.24, 2.45) is 0 Å². The summed E-state index contributed by atoms with van der Waals surface area (Å²) in [6.07, 6.45) is 2.91. The highest BCUT2D eigenvalue weighted by Crippen LogP contribution is 2.25. The highest BCUT2D eigenvalue weighted by atomic mass is 15.1. The molecule has 0 fully saturated rings. The van der Waals surface area contributed by atoms with Gasteiger partial charge in [0.1, 0.15) is 5.82 Å². The maximum atomic E-state index is 4.32.